The van der Waals surface area contributed by atoms with E-state index in [0.29, 0.717) is 11.5 Å². The minimum Gasteiger partial charge on any atom is -0.481 e. The van der Waals surface area contributed by atoms with Gasteiger partial charge in [0.05, 0.1) is 5.41 Å². The van der Waals surface area contributed by atoms with E-state index in [1.165, 1.54) is 32.1 Å². The second-order valence-corrected chi connectivity index (χ2v) is 7.41. The van der Waals surface area contributed by atoms with Crippen molar-refractivity contribution in [2.24, 2.45) is 10.8 Å². The number of carbonyl (C=O) groups is 1. The number of rotatable bonds is 3. The van der Waals surface area contributed by atoms with Gasteiger partial charge in [-0.1, -0.05) is 27.2 Å². The van der Waals surface area contributed by atoms with Crippen LogP contribution in [0.2, 0.25) is 0 Å². The SMILES string of the molecule is CCC1(C(=O)O)CCN(C2CCCC(C)(C)CC2)C1. The maximum atomic E-state index is 11.5. The normalized spacial score (nSPS) is 36.1. The van der Waals surface area contributed by atoms with E-state index < -0.39 is 11.4 Å². The summed E-state index contributed by atoms with van der Waals surface area (Å²) in [5.74, 6) is -0.591. The smallest absolute Gasteiger partial charge is 0.310 e. The summed E-state index contributed by atoms with van der Waals surface area (Å²) >= 11 is 0. The highest BCUT2D eigenvalue weighted by Gasteiger charge is 2.45. The zero-order valence-corrected chi connectivity index (χ0v) is 12.7. The fourth-order valence-corrected chi connectivity index (χ4v) is 3.84. The van der Waals surface area contributed by atoms with Gasteiger partial charge in [0, 0.05) is 12.6 Å². The second kappa shape index (κ2) is 5.43. The Bertz CT molecular complexity index is 340. The van der Waals surface area contributed by atoms with Crippen LogP contribution in [0.4, 0.5) is 0 Å². The molecule has 0 spiro atoms. The lowest BCUT2D eigenvalue weighted by atomic mass is 9.84. The Hall–Kier alpha value is -0.570. The average molecular weight is 267 g/mol. The van der Waals surface area contributed by atoms with Crippen LogP contribution in [0.1, 0.15) is 65.7 Å². The highest BCUT2D eigenvalue weighted by atomic mass is 16.4. The van der Waals surface area contributed by atoms with Crippen LogP contribution in [-0.2, 0) is 4.79 Å². The van der Waals surface area contributed by atoms with Crippen molar-refractivity contribution in [2.75, 3.05) is 13.1 Å². The van der Waals surface area contributed by atoms with Gasteiger partial charge in [-0.2, -0.15) is 0 Å². The molecule has 1 aliphatic heterocycles. The van der Waals surface area contributed by atoms with Gasteiger partial charge in [-0.25, -0.2) is 0 Å². The molecular formula is C16H29NO2. The van der Waals surface area contributed by atoms with E-state index in [0.717, 1.165) is 25.9 Å². The topological polar surface area (TPSA) is 40.5 Å². The first-order valence-electron chi connectivity index (χ1n) is 7.86. The van der Waals surface area contributed by atoms with E-state index in [2.05, 4.69) is 18.7 Å². The van der Waals surface area contributed by atoms with Crippen molar-refractivity contribution >= 4 is 5.97 Å². The van der Waals surface area contributed by atoms with Crippen LogP contribution in [0.15, 0.2) is 0 Å². The highest BCUT2D eigenvalue weighted by Crippen LogP contribution is 2.40. The molecule has 0 bridgehead atoms. The van der Waals surface area contributed by atoms with E-state index in [9.17, 15) is 9.90 Å². The van der Waals surface area contributed by atoms with E-state index in [-0.39, 0.29) is 0 Å². The Labute approximate surface area is 117 Å². The molecule has 1 N–H and O–H groups in total. The third kappa shape index (κ3) is 3.13. The molecule has 0 amide bonds. The largest absolute Gasteiger partial charge is 0.481 e. The lowest BCUT2D eigenvalue weighted by molar-refractivity contribution is -0.148. The van der Waals surface area contributed by atoms with Crippen molar-refractivity contribution in [3.05, 3.63) is 0 Å². The molecule has 2 unspecified atom stereocenters. The van der Waals surface area contributed by atoms with Crippen molar-refractivity contribution in [3.63, 3.8) is 0 Å². The van der Waals surface area contributed by atoms with Crippen LogP contribution < -0.4 is 0 Å². The van der Waals surface area contributed by atoms with Crippen molar-refractivity contribution in [2.45, 2.75) is 71.8 Å². The molecule has 1 saturated carbocycles. The standard InChI is InChI=1S/C16H29NO2/c1-4-16(14(18)19)10-11-17(12-16)13-6-5-8-15(2,3)9-7-13/h13H,4-12H2,1-3H3,(H,18,19). The molecule has 19 heavy (non-hydrogen) atoms. The van der Waals surface area contributed by atoms with E-state index in [1.807, 2.05) is 6.92 Å². The maximum Gasteiger partial charge on any atom is 0.310 e. The maximum absolute atomic E-state index is 11.5. The molecule has 0 aromatic carbocycles. The summed E-state index contributed by atoms with van der Waals surface area (Å²) in [5.41, 5.74) is 0.00490. The van der Waals surface area contributed by atoms with Crippen LogP contribution >= 0.6 is 0 Å². The molecule has 0 aromatic rings. The van der Waals surface area contributed by atoms with E-state index in [1.54, 1.807) is 0 Å². The number of carboxylic acid groups (broad SMARTS) is 1. The van der Waals surface area contributed by atoms with Gasteiger partial charge >= 0.3 is 5.97 Å². The first-order valence-corrected chi connectivity index (χ1v) is 7.86. The van der Waals surface area contributed by atoms with Crippen LogP contribution in [0.3, 0.4) is 0 Å². The van der Waals surface area contributed by atoms with Gasteiger partial charge in [0.15, 0.2) is 0 Å². The molecule has 2 aliphatic rings. The summed E-state index contributed by atoms with van der Waals surface area (Å²) in [5, 5.41) is 9.49. The van der Waals surface area contributed by atoms with Crippen molar-refractivity contribution < 1.29 is 9.90 Å². The second-order valence-electron chi connectivity index (χ2n) is 7.41. The van der Waals surface area contributed by atoms with Crippen LogP contribution in [0, 0.1) is 10.8 Å². The number of aliphatic carboxylic acids is 1. The molecule has 3 heteroatoms. The number of carboxylic acids is 1. The molecule has 0 radical (unpaired) electrons. The minimum absolute atomic E-state index is 0.470. The first-order chi connectivity index (χ1) is 8.88. The predicted molar refractivity (Wildman–Crippen MR) is 77.2 cm³/mol. The summed E-state index contributed by atoms with van der Waals surface area (Å²) in [6.07, 6.45) is 7.97. The zero-order valence-electron chi connectivity index (χ0n) is 12.7. The molecule has 3 nitrogen and oxygen atoms in total. The summed E-state index contributed by atoms with van der Waals surface area (Å²) in [7, 11) is 0. The Morgan fingerprint density at radius 3 is 2.58 bits per heavy atom. The average Bonchev–Trinajstić information content (AvgIpc) is 2.71. The van der Waals surface area contributed by atoms with E-state index >= 15 is 0 Å². The Morgan fingerprint density at radius 1 is 1.26 bits per heavy atom. The first kappa shape index (κ1) is 14.8. The molecule has 2 atom stereocenters. The Kier molecular flexibility index (Phi) is 4.24. The summed E-state index contributed by atoms with van der Waals surface area (Å²) < 4.78 is 0. The van der Waals surface area contributed by atoms with Gasteiger partial charge in [0.25, 0.3) is 0 Å². The van der Waals surface area contributed by atoms with Gasteiger partial charge in [-0.15, -0.1) is 0 Å². The third-order valence-electron chi connectivity index (χ3n) is 5.58. The van der Waals surface area contributed by atoms with Gasteiger partial charge in [-0.3, -0.25) is 9.69 Å². The van der Waals surface area contributed by atoms with Gasteiger partial charge in [0.2, 0.25) is 0 Å². The molecular weight excluding hydrogens is 238 g/mol. The Morgan fingerprint density at radius 2 is 2.00 bits per heavy atom. The molecule has 0 aromatic heterocycles. The van der Waals surface area contributed by atoms with E-state index in [4.69, 9.17) is 0 Å². The quantitative estimate of drug-likeness (QED) is 0.795. The van der Waals surface area contributed by atoms with Gasteiger partial charge in [-0.05, 0) is 50.5 Å². The third-order valence-corrected chi connectivity index (χ3v) is 5.58. The van der Waals surface area contributed by atoms with Crippen LogP contribution in [0.5, 0.6) is 0 Å². The Balaban J connectivity index is 1.99. The van der Waals surface area contributed by atoms with Crippen molar-refractivity contribution in [1.82, 2.24) is 4.90 Å². The van der Waals surface area contributed by atoms with Crippen LogP contribution in [0.25, 0.3) is 0 Å². The van der Waals surface area contributed by atoms with Crippen molar-refractivity contribution in [1.29, 1.82) is 0 Å². The summed E-state index contributed by atoms with van der Waals surface area (Å²) in [4.78, 5) is 14.0. The predicted octanol–water partition coefficient (Wildman–Crippen LogP) is 3.53. The number of nitrogens with zero attached hydrogens (tertiary/aromatic N) is 1. The van der Waals surface area contributed by atoms with Gasteiger partial charge in [0.1, 0.15) is 0 Å². The number of likely N-dealkylation sites (tertiary alicyclic amines) is 1. The number of hydrogen-bond acceptors (Lipinski definition) is 2. The lowest BCUT2D eigenvalue weighted by Crippen LogP contribution is -2.38. The fraction of sp³-hybridized carbons (Fsp3) is 0.938. The lowest BCUT2D eigenvalue weighted by Gasteiger charge is -2.29. The highest BCUT2D eigenvalue weighted by molar-refractivity contribution is 5.75. The van der Waals surface area contributed by atoms with Crippen LogP contribution in [-0.4, -0.2) is 35.1 Å². The molecule has 1 saturated heterocycles. The summed E-state index contributed by atoms with van der Waals surface area (Å²) in [6, 6.07) is 0.620. The monoisotopic (exact) mass is 267 g/mol. The molecule has 110 valence electrons. The summed E-state index contributed by atoms with van der Waals surface area (Å²) in [6.45, 7) is 8.50. The number of hydrogen-bond donors (Lipinski definition) is 1. The fourth-order valence-electron chi connectivity index (χ4n) is 3.84. The zero-order chi connectivity index (χ0) is 14.1. The molecule has 2 fully saturated rings. The molecule has 2 rings (SSSR count). The van der Waals surface area contributed by atoms with Gasteiger partial charge < -0.3 is 5.11 Å². The molecule has 1 aliphatic carbocycles. The minimum atomic E-state index is -0.591. The molecule has 1 heterocycles. The van der Waals surface area contributed by atoms with Crippen molar-refractivity contribution in [3.8, 4) is 0 Å².